The lowest BCUT2D eigenvalue weighted by molar-refractivity contribution is -0.186. The summed E-state index contributed by atoms with van der Waals surface area (Å²) in [5.41, 5.74) is -1.05. The Morgan fingerprint density at radius 2 is 1.60 bits per heavy atom. The van der Waals surface area contributed by atoms with Crippen molar-refractivity contribution in [3.05, 3.63) is 29.8 Å². The molecule has 1 heterocycles. The lowest BCUT2D eigenvalue weighted by Gasteiger charge is -2.43. The molecule has 4 heteroatoms. The van der Waals surface area contributed by atoms with Crippen molar-refractivity contribution in [2.75, 3.05) is 7.11 Å². The van der Waals surface area contributed by atoms with E-state index in [0.29, 0.717) is 0 Å². The molecule has 0 N–H and O–H groups in total. The number of ether oxygens (including phenoxy) is 2. The molecule has 0 spiro atoms. The Hall–Kier alpha value is -1.84. The molecule has 0 radical (unpaired) electrons. The molecular formula is C16H20O4. The second-order valence-electron chi connectivity index (χ2n) is 6.23. The number of benzene rings is 1. The van der Waals surface area contributed by atoms with Gasteiger partial charge in [-0.1, -0.05) is 12.1 Å². The van der Waals surface area contributed by atoms with Crippen LogP contribution in [0.2, 0.25) is 0 Å². The highest BCUT2D eigenvalue weighted by molar-refractivity contribution is 6.07. The molecule has 20 heavy (non-hydrogen) atoms. The molecule has 0 amide bonds. The van der Waals surface area contributed by atoms with Crippen molar-refractivity contribution >= 4 is 11.8 Å². The molecule has 0 aliphatic carbocycles. The largest absolute Gasteiger partial charge is 0.497 e. The maximum absolute atomic E-state index is 12.6. The summed E-state index contributed by atoms with van der Waals surface area (Å²) in [6.45, 7) is 6.87. The van der Waals surface area contributed by atoms with Crippen LogP contribution in [0.1, 0.15) is 39.4 Å². The molecule has 0 bridgehead atoms. The molecule has 1 aromatic rings. The number of cyclic esters (lactones) is 1. The zero-order chi connectivity index (χ0) is 15.1. The fourth-order valence-electron chi connectivity index (χ4n) is 2.68. The standard InChI is InChI=1S/C16H20O4/c1-15(2)12(10-6-8-11(19-5)9-7-10)20-14(18)16(3,4)13(15)17/h6-9,12H,1-5H3/t12-/m0/s1. The minimum Gasteiger partial charge on any atom is -0.497 e. The topological polar surface area (TPSA) is 52.6 Å². The van der Waals surface area contributed by atoms with E-state index in [-0.39, 0.29) is 5.78 Å². The fourth-order valence-corrected chi connectivity index (χ4v) is 2.68. The van der Waals surface area contributed by atoms with Crippen molar-refractivity contribution in [2.24, 2.45) is 10.8 Å². The van der Waals surface area contributed by atoms with Crippen molar-refractivity contribution in [2.45, 2.75) is 33.8 Å². The van der Waals surface area contributed by atoms with E-state index < -0.39 is 22.9 Å². The Balaban J connectivity index is 2.41. The summed E-state index contributed by atoms with van der Waals surface area (Å²) in [7, 11) is 1.59. The van der Waals surface area contributed by atoms with E-state index in [1.54, 1.807) is 33.1 Å². The zero-order valence-electron chi connectivity index (χ0n) is 12.5. The average Bonchev–Trinajstić information content (AvgIpc) is 2.42. The van der Waals surface area contributed by atoms with Gasteiger partial charge in [-0.2, -0.15) is 0 Å². The first-order valence-corrected chi connectivity index (χ1v) is 6.61. The van der Waals surface area contributed by atoms with Crippen molar-refractivity contribution < 1.29 is 19.1 Å². The molecule has 1 atom stereocenters. The molecule has 1 saturated heterocycles. The van der Waals surface area contributed by atoms with Crippen LogP contribution >= 0.6 is 0 Å². The first kappa shape index (κ1) is 14.6. The van der Waals surface area contributed by atoms with Crippen molar-refractivity contribution in [1.29, 1.82) is 0 Å². The molecule has 0 saturated carbocycles. The van der Waals surface area contributed by atoms with E-state index in [1.165, 1.54) is 0 Å². The highest BCUT2D eigenvalue weighted by Gasteiger charge is 2.55. The summed E-state index contributed by atoms with van der Waals surface area (Å²) < 4.78 is 10.7. The number of carbonyl (C=O) groups excluding carboxylic acids is 2. The number of esters is 1. The van der Waals surface area contributed by atoms with Crippen LogP contribution in [0.5, 0.6) is 5.75 Å². The maximum Gasteiger partial charge on any atom is 0.319 e. The second kappa shape index (κ2) is 4.62. The van der Waals surface area contributed by atoms with Crippen molar-refractivity contribution in [3.63, 3.8) is 0 Å². The lowest BCUT2D eigenvalue weighted by Crippen LogP contribution is -2.52. The lowest BCUT2D eigenvalue weighted by atomic mass is 9.67. The fraction of sp³-hybridized carbons (Fsp3) is 0.500. The number of rotatable bonds is 2. The highest BCUT2D eigenvalue weighted by Crippen LogP contribution is 2.47. The Morgan fingerprint density at radius 3 is 2.10 bits per heavy atom. The van der Waals surface area contributed by atoms with E-state index in [1.807, 2.05) is 26.0 Å². The number of hydrogen-bond acceptors (Lipinski definition) is 4. The van der Waals surface area contributed by atoms with Crippen LogP contribution in [-0.2, 0) is 14.3 Å². The number of methoxy groups -OCH3 is 1. The molecule has 1 aliphatic heterocycles. The molecule has 1 fully saturated rings. The van der Waals surface area contributed by atoms with E-state index in [0.717, 1.165) is 11.3 Å². The number of carbonyl (C=O) groups is 2. The molecule has 108 valence electrons. The Kier molecular flexibility index (Phi) is 3.36. The van der Waals surface area contributed by atoms with Gasteiger partial charge in [0.25, 0.3) is 0 Å². The molecule has 4 nitrogen and oxygen atoms in total. The van der Waals surface area contributed by atoms with Crippen LogP contribution in [0, 0.1) is 10.8 Å². The second-order valence-corrected chi connectivity index (χ2v) is 6.23. The van der Waals surface area contributed by atoms with Crippen molar-refractivity contribution in [3.8, 4) is 5.75 Å². The summed E-state index contributed by atoms with van der Waals surface area (Å²) in [6.07, 6.45) is -0.568. The van der Waals surface area contributed by atoms with Crippen LogP contribution in [0.3, 0.4) is 0 Å². The summed E-state index contributed by atoms with van der Waals surface area (Å²) in [5, 5.41) is 0. The van der Waals surface area contributed by atoms with Gasteiger partial charge in [-0.05, 0) is 45.4 Å². The van der Waals surface area contributed by atoms with E-state index in [9.17, 15) is 9.59 Å². The van der Waals surface area contributed by atoms with Crippen LogP contribution in [0.15, 0.2) is 24.3 Å². The molecule has 0 unspecified atom stereocenters. The predicted octanol–water partition coefficient (Wildman–Crippen LogP) is 2.91. The Morgan fingerprint density at radius 1 is 1.05 bits per heavy atom. The van der Waals surface area contributed by atoms with Gasteiger partial charge in [0.2, 0.25) is 0 Å². The quantitative estimate of drug-likeness (QED) is 0.615. The van der Waals surface area contributed by atoms with Gasteiger partial charge in [-0.15, -0.1) is 0 Å². The normalized spacial score (nSPS) is 24.1. The smallest absolute Gasteiger partial charge is 0.319 e. The van der Waals surface area contributed by atoms with Gasteiger partial charge in [0, 0.05) is 0 Å². The molecular weight excluding hydrogens is 256 g/mol. The first-order valence-electron chi connectivity index (χ1n) is 6.61. The van der Waals surface area contributed by atoms with E-state index in [4.69, 9.17) is 9.47 Å². The molecule has 0 aromatic heterocycles. The number of Topliss-reactive ketones (excluding diaryl/α,β-unsaturated/α-hetero) is 1. The summed E-state index contributed by atoms with van der Waals surface area (Å²) in [4.78, 5) is 24.6. The molecule has 2 rings (SSSR count). The van der Waals surface area contributed by atoms with Crippen molar-refractivity contribution in [1.82, 2.24) is 0 Å². The Bertz CT molecular complexity index is 540. The van der Waals surface area contributed by atoms with Gasteiger partial charge in [0.15, 0.2) is 5.78 Å². The maximum atomic E-state index is 12.6. The van der Waals surface area contributed by atoms with Gasteiger partial charge in [0.1, 0.15) is 17.3 Å². The van der Waals surface area contributed by atoms with Gasteiger partial charge < -0.3 is 9.47 Å². The van der Waals surface area contributed by atoms with Crippen LogP contribution in [0.4, 0.5) is 0 Å². The van der Waals surface area contributed by atoms with E-state index in [2.05, 4.69) is 0 Å². The predicted molar refractivity (Wildman–Crippen MR) is 74.4 cm³/mol. The molecule has 1 aromatic carbocycles. The zero-order valence-corrected chi connectivity index (χ0v) is 12.5. The minimum absolute atomic E-state index is 0.0953. The van der Waals surface area contributed by atoms with E-state index >= 15 is 0 Å². The third kappa shape index (κ3) is 2.09. The van der Waals surface area contributed by atoms with Gasteiger partial charge in [-0.25, -0.2) is 0 Å². The summed E-state index contributed by atoms with van der Waals surface area (Å²) in [5.74, 6) is 0.157. The first-order chi connectivity index (χ1) is 9.21. The van der Waals surface area contributed by atoms with Crippen LogP contribution in [0.25, 0.3) is 0 Å². The van der Waals surface area contributed by atoms with Gasteiger partial charge >= 0.3 is 5.97 Å². The van der Waals surface area contributed by atoms with Crippen LogP contribution in [-0.4, -0.2) is 18.9 Å². The number of hydrogen-bond donors (Lipinski definition) is 0. The highest BCUT2D eigenvalue weighted by atomic mass is 16.5. The summed E-state index contributed by atoms with van der Waals surface area (Å²) in [6, 6.07) is 7.24. The summed E-state index contributed by atoms with van der Waals surface area (Å²) >= 11 is 0. The third-order valence-electron chi connectivity index (χ3n) is 3.96. The van der Waals surface area contributed by atoms with Gasteiger partial charge in [-0.3, -0.25) is 9.59 Å². The van der Waals surface area contributed by atoms with Crippen LogP contribution < -0.4 is 4.74 Å². The molecule has 1 aliphatic rings. The SMILES string of the molecule is COc1ccc([C@@H]2OC(=O)C(C)(C)C(=O)C2(C)C)cc1. The number of ketones is 1. The Labute approximate surface area is 119 Å². The van der Waals surface area contributed by atoms with Gasteiger partial charge in [0.05, 0.1) is 12.5 Å². The average molecular weight is 276 g/mol. The minimum atomic E-state index is -1.09. The monoisotopic (exact) mass is 276 g/mol. The third-order valence-corrected chi connectivity index (χ3v) is 3.96.